The zero-order valence-electron chi connectivity index (χ0n) is 19.1. The molecule has 0 fully saturated rings. The van der Waals surface area contributed by atoms with Crippen molar-refractivity contribution in [2.24, 2.45) is 0 Å². The molecule has 1 aromatic heterocycles. The van der Waals surface area contributed by atoms with Gasteiger partial charge in [-0.2, -0.15) is 0 Å². The van der Waals surface area contributed by atoms with Gasteiger partial charge in [0.15, 0.2) is 5.13 Å². The molecule has 2 heterocycles. The Morgan fingerprint density at radius 2 is 1.54 bits per heavy atom. The summed E-state index contributed by atoms with van der Waals surface area (Å²) in [4.78, 5) is 46.8. The van der Waals surface area contributed by atoms with Crippen molar-refractivity contribution in [1.82, 2.24) is 4.98 Å². The van der Waals surface area contributed by atoms with E-state index < -0.39 is 5.91 Å². The molecule has 0 N–H and O–H groups in total. The third kappa shape index (κ3) is 4.06. The normalized spacial score (nSPS) is 14.2. The largest absolute Gasteiger partial charge is 0.274 e. The summed E-state index contributed by atoms with van der Waals surface area (Å²) in [6, 6.07) is 23.7. The Balaban J connectivity index is 1.60. The van der Waals surface area contributed by atoms with Gasteiger partial charge in [0.25, 0.3) is 11.8 Å². The molecule has 172 valence electrons. The Kier molecular flexibility index (Phi) is 5.84. The minimum absolute atomic E-state index is 0.167. The number of amides is 3. The van der Waals surface area contributed by atoms with E-state index in [2.05, 4.69) is 4.98 Å². The van der Waals surface area contributed by atoms with Crippen molar-refractivity contribution in [2.75, 3.05) is 9.80 Å². The van der Waals surface area contributed by atoms with Crippen LogP contribution in [0.15, 0.2) is 84.2 Å². The molecule has 6 nitrogen and oxygen atoms in total. The van der Waals surface area contributed by atoms with Crippen LogP contribution in [0, 0.1) is 6.92 Å². The lowest BCUT2D eigenvalue weighted by Gasteiger charge is -2.29. The lowest BCUT2D eigenvalue weighted by molar-refractivity contribution is -0.116. The summed E-state index contributed by atoms with van der Waals surface area (Å²) in [6.45, 7) is 3.35. The van der Waals surface area contributed by atoms with E-state index in [1.165, 1.54) is 28.1 Å². The highest BCUT2D eigenvalue weighted by molar-refractivity contribution is 7.14. The standard InChI is InChI=1S/C28H21N3O3S/c1-18-10-6-9-15-25(18)31-26(33)23-14-8-7-13-22(23)24(27(31)34)16-20-17-35-28(29-20)30(19(2)32)21-11-4-3-5-12-21/h3-17H,1-2H3/b24-16-. The Labute approximate surface area is 206 Å². The minimum atomic E-state index is -0.413. The highest BCUT2D eigenvalue weighted by Gasteiger charge is 2.36. The zero-order chi connectivity index (χ0) is 24.5. The van der Waals surface area contributed by atoms with E-state index in [1.807, 2.05) is 49.4 Å². The van der Waals surface area contributed by atoms with Crippen LogP contribution in [0.1, 0.15) is 34.1 Å². The molecular weight excluding hydrogens is 458 g/mol. The number of aromatic nitrogens is 1. The molecule has 0 saturated heterocycles. The lowest BCUT2D eigenvalue weighted by Crippen LogP contribution is -2.42. The molecule has 0 atom stereocenters. The van der Waals surface area contributed by atoms with Gasteiger partial charge in [0.1, 0.15) is 0 Å². The lowest BCUT2D eigenvalue weighted by atomic mass is 9.92. The van der Waals surface area contributed by atoms with Gasteiger partial charge in [-0.3, -0.25) is 19.3 Å². The van der Waals surface area contributed by atoms with Gasteiger partial charge in [-0.15, -0.1) is 11.3 Å². The van der Waals surface area contributed by atoms with Crippen LogP contribution in [-0.4, -0.2) is 22.7 Å². The van der Waals surface area contributed by atoms with Crippen molar-refractivity contribution in [3.63, 3.8) is 0 Å². The third-order valence-corrected chi connectivity index (χ3v) is 6.61. The van der Waals surface area contributed by atoms with Gasteiger partial charge in [0.2, 0.25) is 5.91 Å². The van der Waals surface area contributed by atoms with Gasteiger partial charge >= 0.3 is 0 Å². The fourth-order valence-corrected chi connectivity index (χ4v) is 4.97. The van der Waals surface area contributed by atoms with Crippen LogP contribution < -0.4 is 9.80 Å². The molecule has 5 rings (SSSR count). The monoisotopic (exact) mass is 479 g/mol. The van der Waals surface area contributed by atoms with E-state index in [9.17, 15) is 14.4 Å². The number of aryl methyl sites for hydroxylation is 1. The molecule has 35 heavy (non-hydrogen) atoms. The van der Waals surface area contributed by atoms with Crippen LogP contribution in [0.2, 0.25) is 0 Å². The second-order valence-corrected chi connectivity index (χ2v) is 8.92. The predicted octanol–water partition coefficient (Wildman–Crippen LogP) is 5.86. The number of carbonyl (C=O) groups is 3. The molecule has 0 aliphatic carbocycles. The summed E-state index contributed by atoms with van der Waals surface area (Å²) in [5.74, 6) is -0.938. The van der Waals surface area contributed by atoms with Crippen molar-refractivity contribution in [3.8, 4) is 0 Å². The van der Waals surface area contributed by atoms with Gasteiger partial charge in [-0.1, -0.05) is 54.6 Å². The van der Waals surface area contributed by atoms with E-state index in [4.69, 9.17) is 0 Å². The fraction of sp³-hybridized carbons (Fsp3) is 0.0714. The number of imide groups is 1. The predicted molar refractivity (Wildman–Crippen MR) is 139 cm³/mol. The van der Waals surface area contributed by atoms with Crippen LogP contribution in [0.4, 0.5) is 16.5 Å². The van der Waals surface area contributed by atoms with Crippen LogP contribution in [0.3, 0.4) is 0 Å². The Bertz CT molecular complexity index is 1490. The van der Waals surface area contributed by atoms with Gasteiger partial charge < -0.3 is 0 Å². The van der Waals surface area contributed by atoms with Crippen molar-refractivity contribution < 1.29 is 14.4 Å². The molecule has 3 amide bonds. The number of rotatable bonds is 4. The molecular formula is C28H21N3O3S. The molecule has 0 spiro atoms. The first-order valence-corrected chi connectivity index (χ1v) is 11.9. The molecule has 3 aromatic carbocycles. The molecule has 0 unspecified atom stereocenters. The van der Waals surface area contributed by atoms with Gasteiger partial charge in [-0.05, 0) is 42.8 Å². The first-order chi connectivity index (χ1) is 17.0. The van der Waals surface area contributed by atoms with Crippen LogP contribution in [-0.2, 0) is 9.59 Å². The number of para-hydroxylation sites is 2. The highest BCUT2D eigenvalue weighted by atomic mass is 32.1. The first-order valence-electron chi connectivity index (χ1n) is 11.0. The highest BCUT2D eigenvalue weighted by Crippen LogP contribution is 2.36. The summed E-state index contributed by atoms with van der Waals surface area (Å²) in [5.41, 5.74) is 4.00. The van der Waals surface area contributed by atoms with Crippen molar-refractivity contribution in [2.45, 2.75) is 13.8 Å². The molecule has 7 heteroatoms. The first kappa shape index (κ1) is 22.4. The zero-order valence-corrected chi connectivity index (χ0v) is 20.0. The number of hydrogen-bond donors (Lipinski definition) is 0. The van der Waals surface area contributed by atoms with Crippen molar-refractivity contribution in [1.29, 1.82) is 0 Å². The van der Waals surface area contributed by atoms with Crippen LogP contribution >= 0.6 is 11.3 Å². The van der Waals surface area contributed by atoms with E-state index in [-0.39, 0.29) is 11.8 Å². The van der Waals surface area contributed by atoms with Crippen LogP contribution in [0.25, 0.3) is 11.6 Å². The summed E-state index contributed by atoms with van der Waals surface area (Å²) >= 11 is 1.31. The number of anilines is 3. The summed E-state index contributed by atoms with van der Waals surface area (Å²) in [7, 11) is 0. The smallest absolute Gasteiger partial charge is 0.266 e. The molecule has 1 aliphatic rings. The Morgan fingerprint density at radius 3 is 2.26 bits per heavy atom. The molecule has 0 bridgehead atoms. The Hall–Kier alpha value is -4.36. The average Bonchev–Trinajstić information content (AvgIpc) is 3.31. The maximum atomic E-state index is 13.7. The third-order valence-electron chi connectivity index (χ3n) is 5.76. The van der Waals surface area contributed by atoms with E-state index in [0.29, 0.717) is 38.9 Å². The summed E-state index contributed by atoms with van der Waals surface area (Å²) in [6.07, 6.45) is 1.68. The second kappa shape index (κ2) is 9.12. The molecule has 0 saturated carbocycles. The van der Waals surface area contributed by atoms with Crippen molar-refractivity contribution in [3.05, 3.63) is 107 Å². The number of benzene rings is 3. The average molecular weight is 480 g/mol. The number of carbonyl (C=O) groups excluding carboxylic acids is 3. The van der Waals surface area contributed by atoms with Crippen molar-refractivity contribution >= 4 is 57.2 Å². The number of fused-ring (bicyclic) bond motifs is 1. The fourth-order valence-electron chi connectivity index (χ4n) is 4.12. The second-order valence-electron chi connectivity index (χ2n) is 8.08. The maximum absolute atomic E-state index is 13.7. The quantitative estimate of drug-likeness (QED) is 0.271. The van der Waals surface area contributed by atoms with Gasteiger partial charge in [-0.25, -0.2) is 9.88 Å². The maximum Gasteiger partial charge on any atom is 0.266 e. The minimum Gasteiger partial charge on any atom is -0.274 e. The van der Waals surface area contributed by atoms with Gasteiger partial charge in [0.05, 0.1) is 22.6 Å². The topological polar surface area (TPSA) is 70.6 Å². The summed E-state index contributed by atoms with van der Waals surface area (Å²) in [5, 5.41) is 2.30. The van der Waals surface area contributed by atoms with Gasteiger partial charge in [0, 0.05) is 23.4 Å². The SMILES string of the molecule is CC(=O)N(c1ccccc1)c1nc(/C=C2\C(=O)N(c3ccccc3C)C(=O)c3ccccc32)cs1. The summed E-state index contributed by atoms with van der Waals surface area (Å²) < 4.78 is 0. The van der Waals surface area contributed by atoms with E-state index in [0.717, 1.165) is 5.56 Å². The van der Waals surface area contributed by atoms with Crippen LogP contribution in [0.5, 0.6) is 0 Å². The molecule has 4 aromatic rings. The number of hydrogen-bond acceptors (Lipinski definition) is 5. The molecule has 0 radical (unpaired) electrons. The number of thiazole rings is 1. The van der Waals surface area contributed by atoms with E-state index >= 15 is 0 Å². The Morgan fingerprint density at radius 1 is 0.886 bits per heavy atom. The number of nitrogens with zero attached hydrogens (tertiary/aromatic N) is 3. The van der Waals surface area contributed by atoms with E-state index in [1.54, 1.807) is 47.9 Å². The molecule has 1 aliphatic heterocycles.